The van der Waals surface area contributed by atoms with Gasteiger partial charge in [0.1, 0.15) is 8.24 Å². The fourth-order valence-corrected chi connectivity index (χ4v) is 9.23. The maximum absolute atomic E-state index is 4.04. The molecule has 0 radical (unpaired) electrons. The first-order valence-corrected chi connectivity index (χ1v) is 12.7. The van der Waals surface area contributed by atoms with Gasteiger partial charge in [0.25, 0.3) is 0 Å². The van der Waals surface area contributed by atoms with Gasteiger partial charge >= 0.3 is 0 Å². The van der Waals surface area contributed by atoms with Gasteiger partial charge in [-0.3, -0.25) is 0 Å². The van der Waals surface area contributed by atoms with Gasteiger partial charge in [-0.1, -0.05) is 49.0 Å². The molecule has 0 bridgehead atoms. The molecule has 1 aliphatic carbocycles. The Morgan fingerprint density at radius 2 is 1.73 bits per heavy atom. The molecule has 136 valence electrons. The lowest BCUT2D eigenvalue weighted by molar-refractivity contribution is 0.509. The Labute approximate surface area is 158 Å². The van der Waals surface area contributed by atoms with E-state index in [-0.39, 0.29) is 5.54 Å². The van der Waals surface area contributed by atoms with Crippen molar-refractivity contribution in [2.75, 3.05) is 0 Å². The lowest BCUT2D eigenvalue weighted by atomic mass is 10.1. The number of aromatic nitrogens is 1. The van der Waals surface area contributed by atoms with Crippen LogP contribution in [-0.4, -0.2) is 18.3 Å². The first-order chi connectivity index (χ1) is 12.1. The molecule has 1 heterocycles. The molecule has 3 heteroatoms. The minimum Gasteiger partial charge on any atom is -0.343 e. The molecule has 2 aromatic carbocycles. The van der Waals surface area contributed by atoms with E-state index in [4.69, 9.17) is 0 Å². The zero-order valence-corrected chi connectivity index (χ0v) is 18.1. The van der Waals surface area contributed by atoms with Gasteiger partial charge in [0, 0.05) is 34.6 Å². The summed E-state index contributed by atoms with van der Waals surface area (Å²) in [7, 11) is 0.431. The lowest BCUT2D eigenvalue weighted by Crippen LogP contribution is -2.58. The van der Waals surface area contributed by atoms with Gasteiger partial charge in [0.15, 0.2) is 0 Å². The Kier molecular flexibility index (Phi) is 3.77. The van der Waals surface area contributed by atoms with Crippen molar-refractivity contribution in [1.29, 1.82) is 0 Å². The summed E-state index contributed by atoms with van der Waals surface area (Å²) in [5.41, 5.74) is 9.16. The summed E-state index contributed by atoms with van der Waals surface area (Å²) in [6.07, 6.45) is 0. The van der Waals surface area contributed by atoms with Crippen LogP contribution < -0.4 is 4.98 Å². The minimum absolute atomic E-state index is 0.119. The fraction of sp³-hybridized carbons (Fsp3) is 0.391. The molecule has 1 N–H and O–H groups in total. The number of fused-ring (bicyclic) bond motifs is 5. The number of rotatable bonds is 2. The maximum atomic E-state index is 4.04. The standard InChI is InChI=1S/C23H30N2Si/c1-15-12-13-19-18(14-15)20-21(25(19)5)16-10-8-9-11-17(16)22(20)26(6,7)24-23(2,3)4/h8-14,22,24H,1-7H3. The second kappa shape index (κ2) is 5.58. The largest absolute Gasteiger partial charge is 0.343 e. The van der Waals surface area contributed by atoms with Crippen LogP contribution in [0.4, 0.5) is 0 Å². The molecule has 1 aliphatic rings. The summed E-state index contributed by atoms with van der Waals surface area (Å²) in [6, 6.07) is 15.9. The topological polar surface area (TPSA) is 17.0 Å². The van der Waals surface area contributed by atoms with E-state index in [1.165, 1.54) is 33.3 Å². The average Bonchev–Trinajstić information content (AvgIpc) is 2.99. The molecule has 1 atom stereocenters. The number of benzene rings is 2. The fourth-order valence-electron chi connectivity index (χ4n) is 5.11. The molecule has 4 rings (SSSR count). The predicted octanol–water partition coefficient (Wildman–Crippen LogP) is 5.73. The van der Waals surface area contributed by atoms with Gasteiger partial charge in [0.05, 0.1) is 5.69 Å². The molecule has 0 aliphatic heterocycles. The van der Waals surface area contributed by atoms with Crippen LogP contribution in [0.1, 0.15) is 43.0 Å². The van der Waals surface area contributed by atoms with Crippen molar-refractivity contribution in [2.45, 2.75) is 51.9 Å². The van der Waals surface area contributed by atoms with E-state index >= 15 is 0 Å². The highest BCUT2D eigenvalue weighted by molar-refractivity contribution is 6.77. The summed E-state index contributed by atoms with van der Waals surface area (Å²) >= 11 is 0. The van der Waals surface area contributed by atoms with Crippen molar-refractivity contribution in [1.82, 2.24) is 9.55 Å². The molecule has 1 aromatic heterocycles. The first kappa shape index (κ1) is 17.6. The smallest absolute Gasteiger partial charge is 0.131 e. The zero-order valence-electron chi connectivity index (χ0n) is 17.1. The SMILES string of the molecule is Cc1ccc2c(c1)c1c(n2C)-c2ccccc2C1[Si](C)(C)NC(C)(C)C. The van der Waals surface area contributed by atoms with Crippen LogP contribution in [0.5, 0.6) is 0 Å². The van der Waals surface area contributed by atoms with Gasteiger partial charge in [-0.15, -0.1) is 0 Å². The van der Waals surface area contributed by atoms with E-state index in [0.29, 0.717) is 5.54 Å². The highest BCUT2D eigenvalue weighted by Crippen LogP contribution is 2.52. The minimum atomic E-state index is -1.79. The van der Waals surface area contributed by atoms with E-state index in [1.54, 1.807) is 5.56 Å². The molecular weight excluding hydrogens is 332 g/mol. The lowest BCUT2D eigenvalue weighted by Gasteiger charge is -2.38. The quantitative estimate of drug-likeness (QED) is 0.576. The van der Waals surface area contributed by atoms with Crippen LogP contribution in [0.15, 0.2) is 42.5 Å². The Bertz CT molecular complexity index is 1000. The molecule has 0 saturated carbocycles. The summed E-state index contributed by atoms with van der Waals surface area (Å²) in [6.45, 7) is 14.0. The maximum Gasteiger partial charge on any atom is 0.131 e. The Morgan fingerprint density at radius 1 is 1.04 bits per heavy atom. The molecule has 26 heavy (non-hydrogen) atoms. The van der Waals surface area contributed by atoms with E-state index in [0.717, 1.165) is 0 Å². The van der Waals surface area contributed by atoms with Crippen molar-refractivity contribution in [2.24, 2.45) is 7.05 Å². The number of hydrogen-bond donors (Lipinski definition) is 1. The van der Waals surface area contributed by atoms with Gasteiger partial charge in [-0.2, -0.15) is 0 Å². The van der Waals surface area contributed by atoms with Crippen molar-refractivity contribution in [3.05, 3.63) is 59.2 Å². The number of hydrogen-bond acceptors (Lipinski definition) is 1. The average molecular weight is 363 g/mol. The van der Waals surface area contributed by atoms with Crippen molar-refractivity contribution in [3.63, 3.8) is 0 Å². The molecule has 1 unspecified atom stereocenters. The molecule has 0 saturated heterocycles. The van der Waals surface area contributed by atoms with E-state index in [9.17, 15) is 0 Å². The van der Waals surface area contributed by atoms with Gasteiger partial charge in [-0.25, -0.2) is 0 Å². The van der Waals surface area contributed by atoms with Crippen LogP contribution in [-0.2, 0) is 7.05 Å². The Balaban J connectivity index is 2.05. The zero-order chi connectivity index (χ0) is 18.9. The monoisotopic (exact) mass is 362 g/mol. The van der Waals surface area contributed by atoms with Crippen LogP contribution >= 0.6 is 0 Å². The molecule has 0 amide bonds. The van der Waals surface area contributed by atoms with Crippen LogP contribution in [0.2, 0.25) is 13.1 Å². The van der Waals surface area contributed by atoms with E-state index < -0.39 is 8.24 Å². The summed E-state index contributed by atoms with van der Waals surface area (Å²) in [4.78, 5) is 4.04. The third-order valence-electron chi connectivity index (χ3n) is 5.63. The summed E-state index contributed by atoms with van der Waals surface area (Å²) < 4.78 is 2.41. The third-order valence-corrected chi connectivity index (χ3v) is 9.07. The second-order valence-corrected chi connectivity index (χ2v) is 13.7. The number of nitrogens with one attached hydrogen (secondary N) is 1. The number of nitrogens with zero attached hydrogens (tertiary/aromatic N) is 1. The molecule has 0 fully saturated rings. The highest BCUT2D eigenvalue weighted by Gasteiger charge is 2.45. The van der Waals surface area contributed by atoms with Gasteiger partial charge in [-0.05, 0) is 51.0 Å². The van der Waals surface area contributed by atoms with Crippen LogP contribution in [0, 0.1) is 6.92 Å². The van der Waals surface area contributed by atoms with Gasteiger partial charge in [0.2, 0.25) is 0 Å². The third kappa shape index (κ3) is 2.57. The van der Waals surface area contributed by atoms with E-state index in [1.807, 2.05) is 0 Å². The van der Waals surface area contributed by atoms with Crippen molar-refractivity contribution in [3.8, 4) is 11.3 Å². The Hall–Kier alpha value is -1.84. The molecule has 0 spiro atoms. The predicted molar refractivity (Wildman–Crippen MR) is 115 cm³/mol. The highest BCUT2D eigenvalue weighted by atomic mass is 28.3. The van der Waals surface area contributed by atoms with Crippen molar-refractivity contribution < 1.29 is 0 Å². The van der Waals surface area contributed by atoms with Crippen LogP contribution in [0.3, 0.4) is 0 Å². The van der Waals surface area contributed by atoms with Crippen LogP contribution in [0.25, 0.3) is 22.2 Å². The summed E-state index contributed by atoms with van der Waals surface area (Å²) in [5.74, 6) is 0. The molecule has 2 nitrogen and oxygen atoms in total. The molecule has 3 aromatic rings. The molecular formula is C23H30N2Si. The first-order valence-electron chi connectivity index (χ1n) is 9.58. The number of aryl methyl sites for hydroxylation is 2. The van der Waals surface area contributed by atoms with E-state index in [2.05, 4.69) is 99.9 Å². The Morgan fingerprint density at radius 3 is 2.42 bits per heavy atom. The normalized spacial score (nSPS) is 16.8. The van der Waals surface area contributed by atoms with Crippen molar-refractivity contribution >= 4 is 19.1 Å². The second-order valence-electron chi connectivity index (χ2n) is 9.46. The summed E-state index contributed by atoms with van der Waals surface area (Å²) in [5, 5.41) is 1.43. The van der Waals surface area contributed by atoms with Gasteiger partial charge < -0.3 is 9.55 Å².